The van der Waals surface area contributed by atoms with Gasteiger partial charge in [0.15, 0.2) is 0 Å². The van der Waals surface area contributed by atoms with E-state index >= 15 is 0 Å². The van der Waals surface area contributed by atoms with Crippen LogP contribution in [0.1, 0.15) is 28.9 Å². The molecule has 0 spiro atoms. The maximum Gasteiger partial charge on any atom is 0.251 e. The third-order valence-corrected chi connectivity index (χ3v) is 4.20. The lowest BCUT2D eigenvalue weighted by Gasteiger charge is -2.15. The summed E-state index contributed by atoms with van der Waals surface area (Å²) < 4.78 is 5.23. The highest BCUT2D eigenvalue weighted by Crippen LogP contribution is 2.22. The fourth-order valence-corrected chi connectivity index (χ4v) is 2.72. The molecule has 5 nitrogen and oxygen atoms in total. The van der Waals surface area contributed by atoms with Gasteiger partial charge in [-0.3, -0.25) is 4.79 Å². The summed E-state index contributed by atoms with van der Waals surface area (Å²) >= 11 is 0. The van der Waals surface area contributed by atoms with E-state index in [0.29, 0.717) is 11.4 Å². The summed E-state index contributed by atoms with van der Waals surface area (Å²) in [7, 11) is 1.63. The molecule has 2 aromatic carbocycles. The van der Waals surface area contributed by atoms with Gasteiger partial charge in [0.05, 0.1) is 13.2 Å². The number of benzene rings is 2. The van der Waals surface area contributed by atoms with Crippen molar-refractivity contribution in [3.05, 3.63) is 78.0 Å². The molecule has 0 fully saturated rings. The van der Waals surface area contributed by atoms with Crippen molar-refractivity contribution in [2.75, 3.05) is 12.8 Å². The van der Waals surface area contributed by atoms with Gasteiger partial charge < -0.3 is 15.8 Å². The molecule has 0 saturated carbocycles. The summed E-state index contributed by atoms with van der Waals surface area (Å²) in [6, 6.07) is 18.6. The minimum absolute atomic E-state index is 0.124. The molecule has 0 aliphatic carbocycles. The van der Waals surface area contributed by atoms with Gasteiger partial charge in [-0.25, -0.2) is 4.98 Å². The predicted octanol–water partition coefficient (Wildman–Crippen LogP) is 3.83. The molecule has 3 aromatic rings. The van der Waals surface area contributed by atoms with Crippen molar-refractivity contribution in [3.8, 4) is 16.9 Å². The number of pyridine rings is 1. The van der Waals surface area contributed by atoms with Crippen LogP contribution in [0, 0.1) is 0 Å². The Bertz CT molecular complexity index is 907. The number of anilines is 1. The second kappa shape index (κ2) is 7.70. The molecule has 1 heterocycles. The molecule has 3 rings (SSSR count). The Morgan fingerprint density at radius 2 is 1.85 bits per heavy atom. The molecule has 1 amide bonds. The summed E-state index contributed by atoms with van der Waals surface area (Å²) in [5.74, 6) is 1.11. The standard InChI is InChI=1S/C21H21N3O2/c1-14(17-4-3-5-19(12-17)26-2)24-21(25)16-8-6-15(7-9-16)18-10-11-23-20(22)13-18/h3-14H,1-2H3,(H2,22,23)(H,24,25)/t14-/m1/s1. The average molecular weight is 347 g/mol. The number of carbonyl (C=O) groups is 1. The van der Waals surface area contributed by atoms with Crippen LogP contribution in [0.25, 0.3) is 11.1 Å². The number of carbonyl (C=O) groups excluding carboxylic acids is 1. The molecular formula is C21H21N3O2. The zero-order valence-electron chi connectivity index (χ0n) is 14.8. The van der Waals surface area contributed by atoms with Gasteiger partial charge >= 0.3 is 0 Å². The van der Waals surface area contributed by atoms with E-state index in [-0.39, 0.29) is 11.9 Å². The Kier molecular flexibility index (Phi) is 5.17. The molecule has 0 aliphatic rings. The third-order valence-electron chi connectivity index (χ3n) is 4.20. The van der Waals surface area contributed by atoms with Gasteiger partial charge in [0.1, 0.15) is 11.6 Å². The molecule has 132 valence electrons. The lowest BCUT2D eigenvalue weighted by Crippen LogP contribution is -2.26. The molecule has 1 atom stereocenters. The van der Waals surface area contributed by atoms with Crippen LogP contribution in [0.3, 0.4) is 0 Å². The van der Waals surface area contributed by atoms with Crippen LogP contribution in [0.5, 0.6) is 5.75 Å². The molecule has 1 aromatic heterocycles. The van der Waals surface area contributed by atoms with Crippen LogP contribution in [0.15, 0.2) is 66.9 Å². The number of nitrogens with two attached hydrogens (primary N) is 1. The molecule has 0 bridgehead atoms. The van der Waals surface area contributed by atoms with Gasteiger partial charge in [-0.05, 0) is 60.0 Å². The van der Waals surface area contributed by atoms with E-state index < -0.39 is 0 Å². The van der Waals surface area contributed by atoms with Crippen molar-refractivity contribution in [1.29, 1.82) is 0 Å². The lowest BCUT2D eigenvalue weighted by molar-refractivity contribution is 0.0940. The molecule has 0 unspecified atom stereocenters. The molecule has 26 heavy (non-hydrogen) atoms. The first-order chi connectivity index (χ1) is 12.6. The Balaban J connectivity index is 1.71. The number of methoxy groups -OCH3 is 1. The first-order valence-corrected chi connectivity index (χ1v) is 8.33. The van der Waals surface area contributed by atoms with Crippen LogP contribution in [-0.4, -0.2) is 18.0 Å². The smallest absolute Gasteiger partial charge is 0.251 e. The van der Waals surface area contributed by atoms with E-state index in [9.17, 15) is 4.79 Å². The van der Waals surface area contributed by atoms with Crippen LogP contribution in [0.2, 0.25) is 0 Å². The summed E-state index contributed by atoms with van der Waals surface area (Å²) in [4.78, 5) is 16.5. The van der Waals surface area contributed by atoms with Crippen LogP contribution in [-0.2, 0) is 0 Å². The second-order valence-electron chi connectivity index (χ2n) is 6.02. The van der Waals surface area contributed by atoms with Gasteiger partial charge in [0.25, 0.3) is 5.91 Å². The molecule has 0 radical (unpaired) electrons. The van der Waals surface area contributed by atoms with Crippen LogP contribution in [0.4, 0.5) is 5.82 Å². The van der Waals surface area contributed by atoms with Gasteiger partial charge in [-0.1, -0.05) is 24.3 Å². The number of aromatic nitrogens is 1. The van der Waals surface area contributed by atoms with Crippen molar-refractivity contribution in [3.63, 3.8) is 0 Å². The lowest BCUT2D eigenvalue weighted by atomic mass is 10.0. The highest BCUT2D eigenvalue weighted by molar-refractivity contribution is 5.95. The van der Waals surface area contributed by atoms with E-state index in [0.717, 1.165) is 22.4 Å². The highest BCUT2D eigenvalue weighted by atomic mass is 16.5. The average Bonchev–Trinajstić information content (AvgIpc) is 2.68. The Morgan fingerprint density at radius 1 is 1.08 bits per heavy atom. The number of nitrogens with zero attached hydrogens (tertiary/aromatic N) is 1. The highest BCUT2D eigenvalue weighted by Gasteiger charge is 2.12. The fourth-order valence-electron chi connectivity index (χ4n) is 2.72. The Morgan fingerprint density at radius 3 is 2.54 bits per heavy atom. The molecule has 0 aliphatic heterocycles. The monoisotopic (exact) mass is 347 g/mol. The fraction of sp³-hybridized carbons (Fsp3) is 0.143. The first kappa shape index (κ1) is 17.5. The minimum atomic E-state index is -0.128. The maximum absolute atomic E-state index is 12.5. The summed E-state index contributed by atoms with van der Waals surface area (Å²) in [6.45, 7) is 1.95. The molecule has 5 heteroatoms. The third kappa shape index (κ3) is 4.00. The van der Waals surface area contributed by atoms with Gasteiger partial charge in [0, 0.05) is 11.8 Å². The van der Waals surface area contributed by atoms with E-state index in [1.54, 1.807) is 31.5 Å². The number of hydrogen-bond acceptors (Lipinski definition) is 4. The van der Waals surface area contributed by atoms with Gasteiger partial charge in [-0.15, -0.1) is 0 Å². The van der Waals surface area contributed by atoms with Crippen molar-refractivity contribution < 1.29 is 9.53 Å². The zero-order chi connectivity index (χ0) is 18.5. The van der Waals surface area contributed by atoms with Crippen molar-refractivity contribution in [2.24, 2.45) is 0 Å². The topological polar surface area (TPSA) is 77.2 Å². The number of hydrogen-bond donors (Lipinski definition) is 2. The largest absolute Gasteiger partial charge is 0.497 e. The molecule has 0 saturated heterocycles. The van der Waals surface area contributed by atoms with E-state index in [4.69, 9.17) is 10.5 Å². The molecule has 3 N–H and O–H groups in total. The SMILES string of the molecule is COc1cccc([C@@H](C)NC(=O)c2ccc(-c3ccnc(N)c3)cc2)c1. The number of amides is 1. The van der Waals surface area contributed by atoms with Crippen LogP contribution >= 0.6 is 0 Å². The minimum Gasteiger partial charge on any atom is -0.497 e. The summed E-state index contributed by atoms with van der Waals surface area (Å²) in [6.07, 6.45) is 1.67. The molecular weight excluding hydrogens is 326 g/mol. The van der Waals surface area contributed by atoms with E-state index in [1.807, 2.05) is 49.4 Å². The number of ether oxygens (including phenoxy) is 1. The zero-order valence-corrected chi connectivity index (χ0v) is 14.8. The summed E-state index contributed by atoms with van der Waals surface area (Å²) in [5.41, 5.74) is 9.26. The Hall–Kier alpha value is -3.34. The number of rotatable bonds is 5. The van der Waals surface area contributed by atoms with Gasteiger partial charge in [-0.2, -0.15) is 0 Å². The second-order valence-corrected chi connectivity index (χ2v) is 6.02. The first-order valence-electron chi connectivity index (χ1n) is 8.33. The van der Waals surface area contributed by atoms with Crippen molar-refractivity contribution >= 4 is 11.7 Å². The quantitative estimate of drug-likeness (QED) is 0.735. The number of nitrogens with one attached hydrogen (secondary N) is 1. The predicted molar refractivity (Wildman–Crippen MR) is 103 cm³/mol. The normalized spacial score (nSPS) is 11.6. The van der Waals surface area contributed by atoms with Crippen LogP contribution < -0.4 is 15.8 Å². The number of nitrogen functional groups attached to an aromatic ring is 1. The van der Waals surface area contributed by atoms with Crippen molar-refractivity contribution in [2.45, 2.75) is 13.0 Å². The Labute approximate surface area is 152 Å². The van der Waals surface area contributed by atoms with E-state index in [1.165, 1.54) is 0 Å². The summed E-state index contributed by atoms with van der Waals surface area (Å²) in [5, 5.41) is 3.01. The van der Waals surface area contributed by atoms with E-state index in [2.05, 4.69) is 10.3 Å². The maximum atomic E-state index is 12.5. The van der Waals surface area contributed by atoms with Gasteiger partial charge in [0.2, 0.25) is 0 Å². The van der Waals surface area contributed by atoms with Crippen molar-refractivity contribution in [1.82, 2.24) is 10.3 Å².